The minimum Gasteiger partial charge on any atom is -0.478 e. The molecule has 2 aliphatic rings. The number of fused-ring (bicyclic) bond motifs is 1. The van der Waals surface area contributed by atoms with Gasteiger partial charge < -0.3 is 5.11 Å². The van der Waals surface area contributed by atoms with E-state index >= 15 is 0 Å². The standard InChI is InChI=1S/C15H15NO4/c17-13-11-7-6-9(15(19)20)8-12(11)14(18)16(13)10-4-2-1-3-5-10/h6-8,10H,1-5H2,(H,19,20). The molecule has 20 heavy (non-hydrogen) atoms. The van der Waals surface area contributed by atoms with E-state index in [0.717, 1.165) is 32.1 Å². The van der Waals surface area contributed by atoms with E-state index in [4.69, 9.17) is 5.11 Å². The summed E-state index contributed by atoms with van der Waals surface area (Å²) in [6.45, 7) is 0. The highest BCUT2D eigenvalue weighted by Gasteiger charge is 2.40. The Hall–Kier alpha value is -2.17. The maximum Gasteiger partial charge on any atom is 0.335 e. The number of imide groups is 1. The van der Waals surface area contributed by atoms with Gasteiger partial charge in [0, 0.05) is 6.04 Å². The number of hydrogen-bond donors (Lipinski definition) is 1. The average Bonchev–Trinajstić information content (AvgIpc) is 2.71. The Morgan fingerprint density at radius 2 is 1.70 bits per heavy atom. The molecule has 5 heteroatoms. The molecule has 1 aliphatic heterocycles. The number of benzene rings is 1. The minimum absolute atomic E-state index is 0.0374. The second kappa shape index (κ2) is 4.74. The number of hydrogen-bond acceptors (Lipinski definition) is 3. The second-order valence-corrected chi connectivity index (χ2v) is 5.34. The van der Waals surface area contributed by atoms with Gasteiger partial charge in [0.05, 0.1) is 16.7 Å². The first-order valence-electron chi connectivity index (χ1n) is 6.85. The van der Waals surface area contributed by atoms with Crippen LogP contribution in [0.15, 0.2) is 18.2 Å². The number of carboxylic acids is 1. The van der Waals surface area contributed by atoms with Crippen molar-refractivity contribution in [1.29, 1.82) is 0 Å². The highest BCUT2D eigenvalue weighted by molar-refractivity contribution is 6.22. The van der Waals surface area contributed by atoms with Crippen LogP contribution in [0.5, 0.6) is 0 Å². The third-order valence-electron chi connectivity index (χ3n) is 4.10. The molecule has 3 rings (SSSR count). The zero-order valence-electron chi connectivity index (χ0n) is 11.0. The van der Waals surface area contributed by atoms with Crippen LogP contribution in [-0.4, -0.2) is 33.8 Å². The van der Waals surface area contributed by atoms with E-state index in [0.29, 0.717) is 5.56 Å². The van der Waals surface area contributed by atoms with E-state index in [1.807, 2.05) is 0 Å². The quantitative estimate of drug-likeness (QED) is 0.839. The molecule has 1 aliphatic carbocycles. The van der Waals surface area contributed by atoms with Gasteiger partial charge in [0.15, 0.2) is 0 Å². The number of rotatable bonds is 2. The largest absolute Gasteiger partial charge is 0.478 e. The Bertz CT molecular complexity index is 602. The molecular weight excluding hydrogens is 258 g/mol. The molecule has 0 atom stereocenters. The summed E-state index contributed by atoms with van der Waals surface area (Å²) in [7, 11) is 0. The summed E-state index contributed by atoms with van der Waals surface area (Å²) in [6, 6.07) is 4.09. The summed E-state index contributed by atoms with van der Waals surface area (Å²) in [5.74, 6) is -1.72. The van der Waals surface area contributed by atoms with E-state index < -0.39 is 5.97 Å². The van der Waals surface area contributed by atoms with Gasteiger partial charge in [-0.2, -0.15) is 0 Å². The summed E-state index contributed by atoms with van der Waals surface area (Å²) in [4.78, 5) is 37.0. The van der Waals surface area contributed by atoms with E-state index in [-0.39, 0.29) is 29.0 Å². The van der Waals surface area contributed by atoms with Gasteiger partial charge >= 0.3 is 5.97 Å². The van der Waals surface area contributed by atoms with Crippen molar-refractivity contribution < 1.29 is 19.5 Å². The summed E-state index contributed by atoms with van der Waals surface area (Å²) < 4.78 is 0. The van der Waals surface area contributed by atoms with Crippen molar-refractivity contribution in [2.24, 2.45) is 0 Å². The van der Waals surface area contributed by atoms with Gasteiger partial charge in [-0.1, -0.05) is 19.3 Å². The van der Waals surface area contributed by atoms with Crippen LogP contribution in [0.1, 0.15) is 63.2 Å². The molecule has 1 N–H and O–H groups in total. The predicted octanol–water partition coefficient (Wildman–Crippen LogP) is 2.31. The van der Waals surface area contributed by atoms with Gasteiger partial charge in [-0.05, 0) is 31.0 Å². The van der Waals surface area contributed by atoms with Crippen molar-refractivity contribution in [1.82, 2.24) is 4.90 Å². The summed E-state index contributed by atoms with van der Waals surface area (Å²) in [5.41, 5.74) is 0.585. The van der Waals surface area contributed by atoms with Gasteiger partial charge in [-0.25, -0.2) is 4.79 Å². The first kappa shape index (κ1) is 12.8. The smallest absolute Gasteiger partial charge is 0.335 e. The van der Waals surface area contributed by atoms with E-state index in [2.05, 4.69) is 0 Å². The minimum atomic E-state index is -1.09. The van der Waals surface area contributed by atoms with Crippen molar-refractivity contribution in [2.45, 2.75) is 38.1 Å². The van der Waals surface area contributed by atoms with Crippen LogP contribution >= 0.6 is 0 Å². The summed E-state index contributed by atoms with van der Waals surface area (Å²) in [5, 5.41) is 8.97. The average molecular weight is 273 g/mol. The fraction of sp³-hybridized carbons (Fsp3) is 0.400. The van der Waals surface area contributed by atoms with Crippen molar-refractivity contribution in [2.75, 3.05) is 0 Å². The first-order valence-corrected chi connectivity index (χ1v) is 6.85. The molecule has 5 nitrogen and oxygen atoms in total. The van der Waals surface area contributed by atoms with Gasteiger partial charge in [-0.3, -0.25) is 14.5 Å². The van der Waals surface area contributed by atoms with Gasteiger partial charge in [0.2, 0.25) is 0 Å². The SMILES string of the molecule is O=C(O)c1ccc2c(c1)C(=O)N(C1CCCCC1)C2=O. The Morgan fingerprint density at radius 1 is 1.05 bits per heavy atom. The number of nitrogens with zero attached hydrogens (tertiary/aromatic N) is 1. The zero-order valence-corrected chi connectivity index (χ0v) is 11.0. The van der Waals surface area contributed by atoms with E-state index in [1.165, 1.54) is 23.1 Å². The summed E-state index contributed by atoms with van der Waals surface area (Å²) in [6.07, 6.45) is 4.88. The molecule has 1 aromatic rings. The molecule has 1 saturated carbocycles. The van der Waals surface area contributed by atoms with Crippen LogP contribution < -0.4 is 0 Å². The fourth-order valence-corrected chi connectivity index (χ4v) is 3.06. The molecule has 0 saturated heterocycles. The number of carbonyl (C=O) groups is 3. The van der Waals surface area contributed by atoms with Gasteiger partial charge in [0.1, 0.15) is 0 Å². The maximum absolute atomic E-state index is 12.4. The first-order chi connectivity index (χ1) is 9.59. The van der Waals surface area contributed by atoms with Gasteiger partial charge in [-0.15, -0.1) is 0 Å². The maximum atomic E-state index is 12.4. The van der Waals surface area contributed by atoms with Crippen molar-refractivity contribution in [3.8, 4) is 0 Å². The molecule has 2 amide bonds. The van der Waals surface area contributed by atoms with E-state index in [1.54, 1.807) is 0 Å². The fourth-order valence-electron chi connectivity index (χ4n) is 3.06. The van der Waals surface area contributed by atoms with Crippen LogP contribution in [-0.2, 0) is 0 Å². The third kappa shape index (κ3) is 1.90. The molecule has 0 spiro atoms. The molecule has 0 aromatic heterocycles. The van der Waals surface area contributed by atoms with Crippen molar-refractivity contribution in [3.05, 3.63) is 34.9 Å². The third-order valence-corrected chi connectivity index (χ3v) is 4.10. The normalized spacial score (nSPS) is 19.3. The molecule has 0 unspecified atom stereocenters. The van der Waals surface area contributed by atoms with E-state index in [9.17, 15) is 14.4 Å². The number of carboxylic acid groups (broad SMARTS) is 1. The molecule has 0 radical (unpaired) electrons. The Balaban J connectivity index is 1.96. The number of amides is 2. The molecule has 0 bridgehead atoms. The van der Waals surface area contributed by atoms with Crippen molar-refractivity contribution in [3.63, 3.8) is 0 Å². The lowest BCUT2D eigenvalue weighted by Crippen LogP contribution is -2.40. The lowest BCUT2D eigenvalue weighted by atomic mass is 9.94. The molecule has 1 aromatic carbocycles. The van der Waals surface area contributed by atoms with Crippen molar-refractivity contribution >= 4 is 17.8 Å². The van der Waals surface area contributed by atoms with Gasteiger partial charge in [0.25, 0.3) is 11.8 Å². The molecule has 1 fully saturated rings. The lowest BCUT2D eigenvalue weighted by molar-refractivity contribution is 0.0548. The second-order valence-electron chi connectivity index (χ2n) is 5.34. The molecule has 1 heterocycles. The van der Waals surface area contributed by atoms with Crippen LogP contribution in [0.25, 0.3) is 0 Å². The Kier molecular flexibility index (Phi) is 3.04. The zero-order chi connectivity index (χ0) is 14.3. The predicted molar refractivity (Wildman–Crippen MR) is 70.8 cm³/mol. The van der Waals surface area contributed by atoms with Crippen LogP contribution in [0.2, 0.25) is 0 Å². The lowest BCUT2D eigenvalue weighted by Gasteiger charge is -2.29. The Labute approximate surface area is 116 Å². The Morgan fingerprint density at radius 3 is 2.35 bits per heavy atom. The molecular formula is C15H15NO4. The number of carbonyl (C=O) groups excluding carboxylic acids is 2. The van der Waals surface area contributed by atoms with Crippen LogP contribution in [0.4, 0.5) is 0 Å². The monoisotopic (exact) mass is 273 g/mol. The summed E-state index contributed by atoms with van der Waals surface area (Å²) >= 11 is 0. The number of aromatic carboxylic acids is 1. The highest BCUT2D eigenvalue weighted by Crippen LogP contribution is 2.31. The highest BCUT2D eigenvalue weighted by atomic mass is 16.4. The van der Waals surface area contributed by atoms with Crippen LogP contribution in [0, 0.1) is 0 Å². The molecule has 104 valence electrons. The van der Waals surface area contributed by atoms with Crippen LogP contribution in [0.3, 0.4) is 0 Å². The topological polar surface area (TPSA) is 74.7 Å².